The highest BCUT2D eigenvalue weighted by molar-refractivity contribution is 5.91. The first-order chi connectivity index (χ1) is 10.5. The van der Waals surface area contributed by atoms with Crippen LogP contribution in [0.1, 0.15) is 59.3 Å². The van der Waals surface area contributed by atoms with Gasteiger partial charge in [-0.15, -0.1) is 0 Å². The van der Waals surface area contributed by atoms with Crippen molar-refractivity contribution in [2.75, 3.05) is 0 Å². The van der Waals surface area contributed by atoms with Crippen molar-refractivity contribution in [1.29, 1.82) is 0 Å². The number of hydrogen-bond acceptors (Lipinski definition) is 2. The molecule has 2 rings (SSSR count). The van der Waals surface area contributed by atoms with Crippen LogP contribution in [-0.2, 0) is 9.53 Å². The van der Waals surface area contributed by atoms with Crippen molar-refractivity contribution in [2.24, 2.45) is 5.92 Å². The minimum atomic E-state index is -0.222. The van der Waals surface area contributed by atoms with E-state index in [1.165, 1.54) is 16.7 Å². The predicted octanol–water partition coefficient (Wildman–Crippen LogP) is 5.28. The topological polar surface area (TPSA) is 26.3 Å². The molecule has 2 nitrogen and oxygen atoms in total. The van der Waals surface area contributed by atoms with E-state index in [0.717, 1.165) is 38.5 Å². The largest absolute Gasteiger partial charge is 0.454 e. The highest BCUT2D eigenvalue weighted by atomic mass is 16.5. The molecule has 22 heavy (non-hydrogen) atoms. The number of hydrogen-bond donors (Lipinski definition) is 0. The molecule has 1 fully saturated rings. The number of rotatable bonds is 0. The van der Waals surface area contributed by atoms with Gasteiger partial charge in [0, 0.05) is 11.5 Å². The van der Waals surface area contributed by atoms with Gasteiger partial charge < -0.3 is 4.74 Å². The van der Waals surface area contributed by atoms with Gasteiger partial charge in [0.05, 0.1) is 0 Å². The van der Waals surface area contributed by atoms with Gasteiger partial charge >= 0.3 is 5.97 Å². The van der Waals surface area contributed by atoms with Crippen LogP contribution in [0.3, 0.4) is 0 Å². The van der Waals surface area contributed by atoms with Crippen LogP contribution in [0.5, 0.6) is 0 Å². The van der Waals surface area contributed by atoms with Gasteiger partial charge in [0.25, 0.3) is 0 Å². The Bertz CT molecular complexity index is 534. The van der Waals surface area contributed by atoms with E-state index in [0.29, 0.717) is 5.57 Å². The Morgan fingerprint density at radius 3 is 2.27 bits per heavy atom. The van der Waals surface area contributed by atoms with Gasteiger partial charge in [0.2, 0.25) is 0 Å². The van der Waals surface area contributed by atoms with Gasteiger partial charge in [-0.2, -0.15) is 0 Å². The molecule has 0 amide bonds. The first-order valence-corrected chi connectivity index (χ1v) is 8.35. The molecule has 2 heteroatoms. The Labute approximate surface area is 134 Å². The number of ether oxygens (including phenoxy) is 1. The number of allylic oxidation sites excluding steroid dienone is 5. The molecular weight excluding hydrogens is 272 g/mol. The fourth-order valence-corrected chi connectivity index (χ4v) is 3.16. The summed E-state index contributed by atoms with van der Waals surface area (Å²) in [5.41, 5.74) is 4.81. The second kappa shape index (κ2) is 7.62. The van der Waals surface area contributed by atoms with Crippen LogP contribution in [0.15, 0.2) is 47.1 Å². The molecule has 2 aliphatic rings. The van der Waals surface area contributed by atoms with Crippen molar-refractivity contribution in [3.63, 3.8) is 0 Å². The van der Waals surface area contributed by atoms with Crippen LogP contribution in [0, 0.1) is 5.92 Å². The highest BCUT2D eigenvalue weighted by Crippen LogP contribution is 2.33. The first kappa shape index (κ1) is 16.8. The summed E-state index contributed by atoms with van der Waals surface area (Å²) in [6.45, 7) is 10.5. The quantitative estimate of drug-likeness (QED) is 0.346. The van der Waals surface area contributed by atoms with Crippen molar-refractivity contribution in [3.05, 3.63) is 47.1 Å². The fraction of sp³-hybridized carbons (Fsp3) is 0.550. The number of esters is 1. The summed E-state index contributed by atoms with van der Waals surface area (Å²) < 4.78 is 5.51. The molecule has 0 aromatic carbocycles. The van der Waals surface area contributed by atoms with Gasteiger partial charge in [0.1, 0.15) is 6.10 Å². The molecule has 0 saturated carbocycles. The summed E-state index contributed by atoms with van der Waals surface area (Å²) in [5, 5.41) is 0. The van der Waals surface area contributed by atoms with Gasteiger partial charge in [0.15, 0.2) is 0 Å². The molecule has 0 unspecified atom stereocenters. The molecule has 0 N–H and O–H groups in total. The van der Waals surface area contributed by atoms with E-state index in [4.69, 9.17) is 4.74 Å². The lowest BCUT2D eigenvalue weighted by Gasteiger charge is -2.16. The smallest absolute Gasteiger partial charge is 0.334 e. The summed E-state index contributed by atoms with van der Waals surface area (Å²) in [6, 6.07) is 0. The third-order valence-corrected chi connectivity index (χ3v) is 4.71. The van der Waals surface area contributed by atoms with Crippen molar-refractivity contribution in [1.82, 2.24) is 0 Å². The average Bonchev–Trinajstić information content (AvgIpc) is 2.71. The van der Waals surface area contributed by atoms with E-state index in [1.807, 2.05) is 0 Å². The molecule has 120 valence electrons. The molecule has 1 aliphatic heterocycles. The maximum absolute atomic E-state index is 11.8. The molecule has 1 heterocycles. The lowest BCUT2D eigenvalue weighted by atomic mass is 9.89. The number of carbonyl (C=O) groups is 1. The van der Waals surface area contributed by atoms with E-state index in [1.54, 1.807) is 0 Å². The van der Waals surface area contributed by atoms with Crippen LogP contribution in [0.2, 0.25) is 0 Å². The van der Waals surface area contributed by atoms with Gasteiger partial charge in [-0.3, -0.25) is 0 Å². The van der Waals surface area contributed by atoms with Crippen LogP contribution >= 0.6 is 0 Å². The molecule has 0 bridgehead atoms. The van der Waals surface area contributed by atoms with E-state index < -0.39 is 0 Å². The third kappa shape index (κ3) is 4.46. The maximum atomic E-state index is 11.8. The third-order valence-electron chi connectivity index (χ3n) is 4.71. The highest BCUT2D eigenvalue weighted by Gasteiger charge is 2.36. The van der Waals surface area contributed by atoms with E-state index in [-0.39, 0.29) is 18.0 Å². The van der Waals surface area contributed by atoms with E-state index >= 15 is 0 Å². The van der Waals surface area contributed by atoms with Crippen LogP contribution < -0.4 is 0 Å². The monoisotopic (exact) mass is 300 g/mol. The van der Waals surface area contributed by atoms with Crippen LogP contribution in [0.25, 0.3) is 0 Å². The Balaban J connectivity index is 2.19. The molecule has 0 aromatic heterocycles. The summed E-state index contributed by atoms with van der Waals surface area (Å²) in [6.07, 6.45) is 13.0. The number of fused-ring (bicyclic) bond motifs is 1. The van der Waals surface area contributed by atoms with E-state index in [2.05, 4.69) is 45.6 Å². The molecule has 1 saturated heterocycles. The standard InChI is InChI=1S/C20H28O2/c1-14-7-5-9-15(2)11-12-18-17(4)20(21)22-19(18)13-16(3)10-6-8-14/h8-9,13,18-19H,4-7,10-12H2,1-3H3/t18-,19-/m0/s1. The Hall–Kier alpha value is -1.57. The second-order valence-electron chi connectivity index (χ2n) is 6.73. The number of carbonyl (C=O) groups excluding carboxylic acids is 1. The SMILES string of the molecule is C=C1C(=O)O[C@H]2C=C(C)CCC=C(C)CCC=C(C)CC[C@@H]12. The first-order valence-electron chi connectivity index (χ1n) is 8.35. The van der Waals surface area contributed by atoms with Crippen molar-refractivity contribution >= 4 is 5.97 Å². The molecule has 0 aromatic rings. The van der Waals surface area contributed by atoms with E-state index in [9.17, 15) is 4.79 Å². The lowest BCUT2D eigenvalue weighted by Crippen LogP contribution is -2.14. The fourth-order valence-electron chi connectivity index (χ4n) is 3.16. The lowest BCUT2D eigenvalue weighted by molar-refractivity contribution is -0.137. The second-order valence-corrected chi connectivity index (χ2v) is 6.73. The van der Waals surface area contributed by atoms with Gasteiger partial charge in [-0.05, 0) is 65.4 Å². The van der Waals surface area contributed by atoms with Gasteiger partial charge in [-0.1, -0.05) is 35.5 Å². The zero-order valence-electron chi connectivity index (χ0n) is 14.2. The minimum absolute atomic E-state index is 0.124. The Kier molecular flexibility index (Phi) is 5.82. The maximum Gasteiger partial charge on any atom is 0.334 e. The molecule has 1 aliphatic carbocycles. The zero-order chi connectivity index (χ0) is 16.1. The molecule has 0 spiro atoms. The normalized spacial score (nSPS) is 28.0. The molecule has 0 radical (unpaired) electrons. The molecular formula is C20H28O2. The van der Waals surface area contributed by atoms with Crippen LogP contribution in [0.4, 0.5) is 0 Å². The summed E-state index contributed by atoms with van der Waals surface area (Å²) >= 11 is 0. The molecule has 2 atom stereocenters. The zero-order valence-corrected chi connectivity index (χ0v) is 14.2. The predicted molar refractivity (Wildman–Crippen MR) is 91.5 cm³/mol. The van der Waals surface area contributed by atoms with Crippen molar-refractivity contribution in [2.45, 2.75) is 65.4 Å². The Morgan fingerprint density at radius 2 is 1.59 bits per heavy atom. The van der Waals surface area contributed by atoms with Gasteiger partial charge in [-0.25, -0.2) is 4.79 Å². The summed E-state index contributed by atoms with van der Waals surface area (Å²) in [4.78, 5) is 11.8. The average molecular weight is 300 g/mol. The summed E-state index contributed by atoms with van der Waals surface area (Å²) in [7, 11) is 0. The Morgan fingerprint density at radius 1 is 1.00 bits per heavy atom. The summed E-state index contributed by atoms with van der Waals surface area (Å²) in [5.74, 6) is -0.0910. The van der Waals surface area contributed by atoms with Crippen molar-refractivity contribution in [3.8, 4) is 0 Å². The van der Waals surface area contributed by atoms with Crippen molar-refractivity contribution < 1.29 is 9.53 Å². The minimum Gasteiger partial charge on any atom is -0.454 e. The van der Waals surface area contributed by atoms with Crippen LogP contribution in [-0.4, -0.2) is 12.1 Å².